The minimum Gasteiger partial charge on any atom is -0.353 e. The van der Waals surface area contributed by atoms with Gasteiger partial charge in [0.05, 0.1) is 12.2 Å². The Balaban J connectivity index is 1.52. The Kier molecular flexibility index (Phi) is 5.21. The van der Waals surface area contributed by atoms with Crippen LogP contribution in [0.2, 0.25) is 0 Å². The standard InChI is InChI=1S/C16H19F3N6O/c1-12-2-5-15(26)25(22-12)11-8-23-6-9-24(10-7-23)14-4-3-13(20-21-14)16(17,18)19/h2-5H,6-11H2,1H3. The van der Waals surface area contributed by atoms with E-state index in [4.69, 9.17) is 0 Å². The number of nitrogens with zero attached hydrogens (tertiary/aromatic N) is 6. The van der Waals surface area contributed by atoms with Gasteiger partial charge in [0, 0.05) is 38.8 Å². The molecule has 0 aliphatic carbocycles. The molecule has 0 bridgehead atoms. The maximum absolute atomic E-state index is 12.5. The van der Waals surface area contributed by atoms with Crippen molar-refractivity contribution < 1.29 is 13.2 Å². The van der Waals surface area contributed by atoms with Crippen molar-refractivity contribution in [3.8, 4) is 0 Å². The zero-order valence-electron chi connectivity index (χ0n) is 14.3. The Labute approximate surface area is 148 Å². The monoisotopic (exact) mass is 368 g/mol. The summed E-state index contributed by atoms with van der Waals surface area (Å²) in [5, 5.41) is 11.2. The predicted octanol–water partition coefficient (Wildman–Crippen LogP) is 1.18. The summed E-state index contributed by atoms with van der Waals surface area (Å²) in [5.41, 5.74) is -0.333. The van der Waals surface area contributed by atoms with Crippen LogP contribution >= 0.6 is 0 Å². The number of piperazine rings is 1. The van der Waals surface area contributed by atoms with Crippen LogP contribution in [0.3, 0.4) is 0 Å². The minimum absolute atomic E-state index is 0.130. The Hall–Kier alpha value is -2.49. The lowest BCUT2D eigenvalue weighted by atomic mass is 10.3. The summed E-state index contributed by atoms with van der Waals surface area (Å²) in [6, 6.07) is 5.48. The number of hydrogen-bond donors (Lipinski definition) is 0. The number of rotatable bonds is 4. The molecule has 1 aliphatic rings. The average Bonchev–Trinajstić information content (AvgIpc) is 2.62. The van der Waals surface area contributed by atoms with Crippen LogP contribution in [0.25, 0.3) is 0 Å². The fraction of sp³-hybridized carbons (Fsp3) is 0.500. The molecule has 0 saturated carbocycles. The molecule has 0 N–H and O–H groups in total. The maximum atomic E-state index is 12.5. The van der Waals surface area contributed by atoms with E-state index < -0.39 is 11.9 Å². The molecule has 0 unspecified atom stereocenters. The van der Waals surface area contributed by atoms with Crippen molar-refractivity contribution >= 4 is 5.82 Å². The van der Waals surface area contributed by atoms with Crippen molar-refractivity contribution in [2.75, 3.05) is 37.6 Å². The third-order valence-electron chi connectivity index (χ3n) is 4.27. The van der Waals surface area contributed by atoms with Crippen LogP contribution in [0.15, 0.2) is 29.1 Å². The third kappa shape index (κ3) is 4.37. The lowest BCUT2D eigenvalue weighted by molar-refractivity contribution is -0.141. The van der Waals surface area contributed by atoms with Gasteiger partial charge in [0.15, 0.2) is 11.5 Å². The molecule has 0 aromatic carbocycles. The van der Waals surface area contributed by atoms with E-state index in [-0.39, 0.29) is 5.56 Å². The highest BCUT2D eigenvalue weighted by atomic mass is 19.4. The van der Waals surface area contributed by atoms with Gasteiger partial charge in [0.1, 0.15) is 0 Å². The van der Waals surface area contributed by atoms with Crippen LogP contribution in [0, 0.1) is 6.92 Å². The number of alkyl halides is 3. The smallest absolute Gasteiger partial charge is 0.353 e. The lowest BCUT2D eigenvalue weighted by Gasteiger charge is -2.35. The molecule has 2 aromatic rings. The fourth-order valence-electron chi connectivity index (χ4n) is 2.79. The highest BCUT2D eigenvalue weighted by molar-refractivity contribution is 5.38. The SMILES string of the molecule is Cc1ccc(=O)n(CCN2CCN(c3ccc(C(F)(F)F)nn3)CC2)n1. The summed E-state index contributed by atoms with van der Waals surface area (Å²) in [6.07, 6.45) is -4.48. The first-order chi connectivity index (χ1) is 12.3. The van der Waals surface area contributed by atoms with E-state index in [0.29, 0.717) is 32.0 Å². The Bertz CT molecular complexity index is 797. The third-order valence-corrected chi connectivity index (χ3v) is 4.27. The van der Waals surface area contributed by atoms with Gasteiger partial charge in [-0.2, -0.15) is 18.3 Å². The molecule has 7 nitrogen and oxygen atoms in total. The molecule has 3 heterocycles. The van der Waals surface area contributed by atoms with Crippen LogP contribution in [0.4, 0.5) is 19.0 Å². The van der Waals surface area contributed by atoms with Crippen LogP contribution in [-0.4, -0.2) is 57.6 Å². The summed E-state index contributed by atoms with van der Waals surface area (Å²) in [7, 11) is 0. The van der Waals surface area contributed by atoms with E-state index in [1.54, 1.807) is 6.07 Å². The van der Waals surface area contributed by atoms with E-state index in [1.807, 2.05) is 11.8 Å². The van der Waals surface area contributed by atoms with Gasteiger partial charge in [0.25, 0.3) is 5.56 Å². The molecule has 0 atom stereocenters. The summed E-state index contributed by atoms with van der Waals surface area (Å²) in [4.78, 5) is 15.8. The van der Waals surface area contributed by atoms with Gasteiger partial charge in [-0.25, -0.2) is 4.68 Å². The fourth-order valence-corrected chi connectivity index (χ4v) is 2.79. The Morgan fingerprint density at radius 2 is 1.73 bits per heavy atom. The second kappa shape index (κ2) is 7.40. The van der Waals surface area contributed by atoms with Crippen molar-refractivity contribution in [2.45, 2.75) is 19.6 Å². The second-order valence-corrected chi connectivity index (χ2v) is 6.14. The van der Waals surface area contributed by atoms with Gasteiger partial charge >= 0.3 is 6.18 Å². The van der Waals surface area contributed by atoms with Gasteiger partial charge < -0.3 is 4.90 Å². The van der Waals surface area contributed by atoms with Crippen LogP contribution in [0.5, 0.6) is 0 Å². The number of hydrogen-bond acceptors (Lipinski definition) is 6. The molecule has 0 radical (unpaired) electrons. The second-order valence-electron chi connectivity index (χ2n) is 6.14. The number of aryl methyl sites for hydroxylation is 1. The number of aromatic nitrogens is 4. The van der Waals surface area contributed by atoms with Gasteiger partial charge in [-0.1, -0.05) is 0 Å². The van der Waals surface area contributed by atoms with E-state index in [2.05, 4.69) is 20.2 Å². The minimum atomic E-state index is -4.48. The molecular formula is C16H19F3N6O. The summed E-state index contributed by atoms with van der Waals surface area (Å²) < 4.78 is 39.1. The van der Waals surface area contributed by atoms with Gasteiger partial charge in [-0.3, -0.25) is 9.69 Å². The maximum Gasteiger partial charge on any atom is 0.435 e. The van der Waals surface area contributed by atoms with E-state index >= 15 is 0 Å². The zero-order valence-corrected chi connectivity index (χ0v) is 14.3. The van der Waals surface area contributed by atoms with Crippen molar-refractivity contribution in [1.82, 2.24) is 24.9 Å². The summed E-state index contributed by atoms with van der Waals surface area (Å²) in [6.45, 7) is 5.74. The summed E-state index contributed by atoms with van der Waals surface area (Å²) in [5.74, 6) is 0.439. The summed E-state index contributed by atoms with van der Waals surface area (Å²) >= 11 is 0. The Morgan fingerprint density at radius 1 is 1.00 bits per heavy atom. The Morgan fingerprint density at radius 3 is 2.35 bits per heavy atom. The molecular weight excluding hydrogens is 349 g/mol. The van der Waals surface area contributed by atoms with Gasteiger partial charge in [-0.15, -0.1) is 10.2 Å². The highest BCUT2D eigenvalue weighted by Gasteiger charge is 2.33. The van der Waals surface area contributed by atoms with Crippen LogP contribution in [-0.2, 0) is 12.7 Å². The topological polar surface area (TPSA) is 67.2 Å². The van der Waals surface area contributed by atoms with Crippen LogP contribution in [0.1, 0.15) is 11.4 Å². The predicted molar refractivity (Wildman–Crippen MR) is 88.9 cm³/mol. The molecule has 1 fully saturated rings. The molecule has 3 rings (SSSR count). The average molecular weight is 368 g/mol. The van der Waals surface area contributed by atoms with Crippen molar-refractivity contribution in [1.29, 1.82) is 0 Å². The largest absolute Gasteiger partial charge is 0.435 e. The molecule has 26 heavy (non-hydrogen) atoms. The van der Waals surface area contributed by atoms with Gasteiger partial charge in [-0.05, 0) is 25.1 Å². The number of anilines is 1. The van der Waals surface area contributed by atoms with Crippen molar-refractivity contribution in [2.24, 2.45) is 0 Å². The molecule has 140 valence electrons. The van der Waals surface area contributed by atoms with Crippen LogP contribution < -0.4 is 10.5 Å². The van der Waals surface area contributed by atoms with Crippen molar-refractivity contribution in [3.05, 3.63) is 46.0 Å². The number of halogens is 3. The molecule has 1 saturated heterocycles. The first-order valence-corrected chi connectivity index (χ1v) is 8.26. The molecule has 0 spiro atoms. The lowest BCUT2D eigenvalue weighted by Crippen LogP contribution is -2.48. The first kappa shape index (κ1) is 18.3. The first-order valence-electron chi connectivity index (χ1n) is 8.26. The van der Waals surface area contributed by atoms with Crippen molar-refractivity contribution in [3.63, 3.8) is 0 Å². The highest BCUT2D eigenvalue weighted by Crippen LogP contribution is 2.27. The molecule has 10 heteroatoms. The van der Waals surface area contributed by atoms with E-state index in [9.17, 15) is 18.0 Å². The van der Waals surface area contributed by atoms with Gasteiger partial charge in [0.2, 0.25) is 0 Å². The zero-order chi connectivity index (χ0) is 18.7. The molecule has 1 aliphatic heterocycles. The molecule has 2 aromatic heterocycles. The normalized spacial score (nSPS) is 16.1. The van der Waals surface area contributed by atoms with E-state index in [1.165, 1.54) is 16.8 Å². The quantitative estimate of drug-likeness (QED) is 0.808. The molecule has 0 amide bonds. The van der Waals surface area contributed by atoms with E-state index in [0.717, 1.165) is 24.8 Å².